The normalized spacial score (nSPS) is 14.2. The van der Waals surface area contributed by atoms with E-state index in [1.54, 1.807) is 0 Å². The molecule has 0 bridgehead atoms. The van der Waals surface area contributed by atoms with Crippen molar-refractivity contribution in [2.24, 2.45) is 11.8 Å². The molecule has 0 radical (unpaired) electrons. The summed E-state index contributed by atoms with van der Waals surface area (Å²) in [4.78, 5) is 24.4. The molecule has 106 valence electrons. The average Bonchev–Trinajstić information content (AvgIpc) is 2.39. The van der Waals surface area contributed by atoms with Crippen molar-refractivity contribution in [3.05, 3.63) is 0 Å². The summed E-state index contributed by atoms with van der Waals surface area (Å²) in [5, 5.41) is 0. The molecular formula is C16H30O2. The highest BCUT2D eigenvalue weighted by molar-refractivity contribution is 6.38. The minimum Gasteiger partial charge on any atom is -0.291 e. The second-order valence-corrected chi connectivity index (χ2v) is 5.22. The summed E-state index contributed by atoms with van der Waals surface area (Å²) in [6.45, 7) is 8.27. The number of carbonyl (C=O) groups excluding carboxylic acids is 2. The highest BCUT2D eigenvalue weighted by atomic mass is 16.2. The molecule has 0 aliphatic carbocycles. The van der Waals surface area contributed by atoms with Gasteiger partial charge in [0.15, 0.2) is 0 Å². The minimum atomic E-state index is -0.103. The third-order valence-electron chi connectivity index (χ3n) is 3.78. The van der Waals surface area contributed by atoms with Gasteiger partial charge < -0.3 is 0 Å². The van der Waals surface area contributed by atoms with Crippen LogP contribution in [-0.2, 0) is 9.59 Å². The van der Waals surface area contributed by atoms with Crippen molar-refractivity contribution in [1.29, 1.82) is 0 Å². The molecule has 2 atom stereocenters. The number of hydrogen-bond donors (Lipinski definition) is 0. The Bertz CT molecular complexity index is 219. The van der Waals surface area contributed by atoms with Gasteiger partial charge in [-0.15, -0.1) is 0 Å². The van der Waals surface area contributed by atoms with E-state index in [2.05, 4.69) is 13.8 Å². The molecule has 0 rings (SSSR count). The zero-order valence-corrected chi connectivity index (χ0v) is 12.6. The summed E-state index contributed by atoms with van der Waals surface area (Å²) in [7, 11) is 0. The van der Waals surface area contributed by atoms with Gasteiger partial charge in [0.05, 0.1) is 0 Å². The lowest BCUT2D eigenvalue weighted by molar-refractivity contribution is -0.141. The van der Waals surface area contributed by atoms with Gasteiger partial charge in [0.2, 0.25) is 11.6 Å². The number of hydrogen-bond acceptors (Lipinski definition) is 2. The Morgan fingerprint density at radius 2 is 1.06 bits per heavy atom. The van der Waals surface area contributed by atoms with Crippen LogP contribution in [0.5, 0.6) is 0 Å². The van der Waals surface area contributed by atoms with Crippen LogP contribution in [0, 0.1) is 11.8 Å². The lowest BCUT2D eigenvalue weighted by atomic mass is 9.85. The standard InChI is InChI=1S/C16H30O2/c1-5-9-11-13(7-3)15(17)16(18)14(8-4)12-10-6-2/h13-14H,5-12H2,1-4H3. The Kier molecular flexibility index (Phi) is 9.90. The maximum absolute atomic E-state index is 12.2. The second-order valence-electron chi connectivity index (χ2n) is 5.22. The molecule has 0 aliphatic rings. The van der Waals surface area contributed by atoms with E-state index < -0.39 is 0 Å². The van der Waals surface area contributed by atoms with Gasteiger partial charge >= 0.3 is 0 Å². The summed E-state index contributed by atoms with van der Waals surface area (Å²) in [5.74, 6) is -0.274. The van der Waals surface area contributed by atoms with Gasteiger partial charge in [-0.1, -0.05) is 53.4 Å². The van der Waals surface area contributed by atoms with Crippen molar-refractivity contribution in [2.75, 3.05) is 0 Å². The third kappa shape index (κ3) is 5.79. The van der Waals surface area contributed by atoms with E-state index in [9.17, 15) is 9.59 Å². The number of unbranched alkanes of at least 4 members (excludes halogenated alkanes) is 2. The fraction of sp³-hybridized carbons (Fsp3) is 0.875. The van der Waals surface area contributed by atoms with Gasteiger partial charge in [0, 0.05) is 11.8 Å². The highest BCUT2D eigenvalue weighted by Crippen LogP contribution is 2.20. The molecule has 0 aliphatic heterocycles. The molecule has 18 heavy (non-hydrogen) atoms. The number of ketones is 2. The van der Waals surface area contributed by atoms with E-state index in [4.69, 9.17) is 0 Å². The minimum absolute atomic E-state index is 0.0341. The molecule has 2 nitrogen and oxygen atoms in total. The predicted molar refractivity (Wildman–Crippen MR) is 76.6 cm³/mol. The molecule has 0 N–H and O–H groups in total. The molecule has 0 fully saturated rings. The average molecular weight is 254 g/mol. The van der Waals surface area contributed by atoms with Crippen molar-refractivity contribution < 1.29 is 9.59 Å². The van der Waals surface area contributed by atoms with E-state index in [1.807, 2.05) is 13.8 Å². The zero-order chi connectivity index (χ0) is 14.0. The largest absolute Gasteiger partial charge is 0.291 e. The van der Waals surface area contributed by atoms with Crippen LogP contribution in [-0.4, -0.2) is 11.6 Å². The van der Waals surface area contributed by atoms with Crippen molar-refractivity contribution in [2.45, 2.75) is 79.1 Å². The number of carbonyl (C=O) groups is 2. The first kappa shape index (κ1) is 17.3. The molecule has 0 spiro atoms. The number of Topliss-reactive ketones (excluding diaryl/α,β-unsaturated/α-hetero) is 2. The molecule has 0 aromatic carbocycles. The number of rotatable bonds is 11. The van der Waals surface area contributed by atoms with Crippen LogP contribution in [0.1, 0.15) is 79.1 Å². The molecule has 0 saturated carbocycles. The van der Waals surface area contributed by atoms with Crippen molar-refractivity contribution >= 4 is 11.6 Å². The first-order valence-electron chi connectivity index (χ1n) is 7.70. The Morgan fingerprint density at radius 1 is 0.722 bits per heavy atom. The van der Waals surface area contributed by atoms with Gasteiger partial charge in [-0.05, 0) is 25.7 Å². The molecular weight excluding hydrogens is 224 g/mol. The van der Waals surface area contributed by atoms with Crippen LogP contribution in [0.2, 0.25) is 0 Å². The maximum Gasteiger partial charge on any atom is 0.201 e. The van der Waals surface area contributed by atoms with E-state index in [0.717, 1.165) is 51.4 Å². The Morgan fingerprint density at radius 3 is 1.28 bits per heavy atom. The summed E-state index contributed by atoms with van der Waals surface area (Å²) in [6, 6.07) is 0. The highest BCUT2D eigenvalue weighted by Gasteiger charge is 2.28. The predicted octanol–water partition coefficient (Wildman–Crippen LogP) is 4.56. The molecule has 0 heterocycles. The van der Waals surface area contributed by atoms with Crippen molar-refractivity contribution in [3.63, 3.8) is 0 Å². The van der Waals surface area contributed by atoms with Crippen molar-refractivity contribution in [1.82, 2.24) is 0 Å². The van der Waals surface area contributed by atoms with Gasteiger partial charge in [-0.2, -0.15) is 0 Å². The van der Waals surface area contributed by atoms with Crippen LogP contribution in [0.15, 0.2) is 0 Å². The molecule has 2 heteroatoms. The fourth-order valence-corrected chi connectivity index (χ4v) is 2.34. The van der Waals surface area contributed by atoms with E-state index in [-0.39, 0.29) is 23.4 Å². The molecule has 0 saturated heterocycles. The van der Waals surface area contributed by atoms with Gasteiger partial charge in [0.25, 0.3) is 0 Å². The summed E-state index contributed by atoms with van der Waals surface area (Å²) in [6.07, 6.45) is 7.62. The molecule has 0 aromatic rings. The lowest BCUT2D eigenvalue weighted by Gasteiger charge is -2.17. The van der Waals surface area contributed by atoms with E-state index >= 15 is 0 Å². The molecule has 0 aromatic heterocycles. The summed E-state index contributed by atoms with van der Waals surface area (Å²) in [5.41, 5.74) is 0. The Hall–Kier alpha value is -0.660. The third-order valence-corrected chi connectivity index (χ3v) is 3.78. The van der Waals surface area contributed by atoms with E-state index in [1.165, 1.54) is 0 Å². The van der Waals surface area contributed by atoms with E-state index in [0.29, 0.717) is 0 Å². The van der Waals surface area contributed by atoms with Crippen LogP contribution >= 0.6 is 0 Å². The quantitative estimate of drug-likeness (QED) is 0.507. The Balaban J connectivity index is 4.46. The van der Waals surface area contributed by atoms with Crippen LogP contribution in [0.3, 0.4) is 0 Å². The van der Waals surface area contributed by atoms with Gasteiger partial charge in [-0.3, -0.25) is 9.59 Å². The fourth-order valence-electron chi connectivity index (χ4n) is 2.34. The summed E-state index contributed by atoms with van der Waals surface area (Å²) >= 11 is 0. The zero-order valence-electron chi connectivity index (χ0n) is 12.6. The smallest absolute Gasteiger partial charge is 0.201 e. The van der Waals surface area contributed by atoms with Gasteiger partial charge in [0.1, 0.15) is 0 Å². The first-order valence-corrected chi connectivity index (χ1v) is 7.70. The van der Waals surface area contributed by atoms with Crippen LogP contribution < -0.4 is 0 Å². The lowest BCUT2D eigenvalue weighted by Crippen LogP contribution is -2.29. The Labute approximate surface area is 113 Å². The first-order chi connectivity index (χ1) is 8.62. The maximum atomic E-state index is 12.2. The second kappa shape index (κ2) is 10.3. The molecule has 0 amide bonds. The van der Waals surface area contributed by atoms with Gasteiger partial charge in [-0.25, -0.2) is 0 Å². The topological polar surface area (TPSA) is 34.1 Å². The van der Waals surface area contributed by atoms with Crippen LogP contribution in [0.25, 0.3) is 0 Å². The monoisotopic (exact) mass is 254 g/mol. The summed E-state index contributed by atoms with van der Waals surface area (Å²) < 4.78 is 0. The van der Waals surface area contributed by atoms with Crippen molar-refractivity contribution in [3.8, 4) is 0 Å². The SMILES string of the molecule is CCCCC(CC)C(=O)C(=O)C(CC)CCCC. The van der Waals surface area contributed by atoms with Crippen LogP contribution in [0.4, 0.5) is 0 Å². The molecule has 2 unspecified atom stereocenters.